The fourth-order valence-electron chi connectivity index (χ4n) is 2.92. The van der Waals surface area contributed by atoms with Crippen molar-refractivity contribution in [2.75, 3.05) is 24.7 Å². The highest BCUT2D eigenvalue weighted by molar-refractivity contribution is 7.88. The molecule has 134 valence electrons. The molecule has 1 saturated heterocycles. The van der Waals surface area contributed by atoms with E-state index in [0.717, 1.165) is 35.5 Å². The van der Waals surface area contributed by atoms with Gasteiger partial charge in [-0.1, -0.05) is 0 Å². The molecule has 1 aliphatic rings. The predicted octanol–water partition coefficient (Wildman–Crippen LogP) is 1.99. The molecule has 3 rings (SSSR count). The molecule has 0 unspecified atom stereocenters. The van der Waals surface area contributed by atoms with E-state index in [1.807, 2.05) is 26.0 Å². The molecule has 0 saturated carbocycles. The number of anilines is 1. The lowest BCUT2D eigenvalue weighted by atomic mass is 10.1. The molecule has 0 atom stereocenters. The van der Waals surface area contributed by atoms with E-state index in [0.29, 0.717) is 18.9 Å². The zero-order valence-electron chi connectivity index (χ0n) is 14.7. The van der Waals surface area contributed by atoms with Crippen molar-refractivity contribution < 1.29 is 8.42 Å². The largest absolute Gasteiger partial charge is 0.367 e. The molecule has 0 aromatic carbocycles. The second kappa shape index (κ2) is 7.05. The van der Waals surface area contributed by atoms with Crippen molar-refractivity contribution in [3.63, 3.8) is 0 Å². The van der Waals surface area contributed by atoms with Gasteiger partial charge in [-0.2, -0.15) is 0 Å². The molecule has 25 heavy (non-hydrogen) atoms. The number of aryl methyl sites for hydroxylation is 1. The van der Waals surface area contributed by atoms with Gasteiger partial charge in [-0.15, -0.1) is 0 Å². The van der Waals surface area contributed by atoms with Crippen LogP contribution in [0.3, 0.4) is 0 Å². The minimum Gasteiger partial charge on any atom is -0.367 e. The average molecular weight is 361 g/mol. The molecular weight excluding hydrogens is 338 g/mol. The van der Waals surface area contributed by atoms with Crippen LogP contribution in [0.2, 0.25) is 0 Å². The Morgan fingerprint density at radius 1 is 1.20 bits per heavy atom. The van der Waals surface area contributed by atoms with Gasteiger partial charge in [0.15, 0.2) is 5.82 Å². The van der Waals surface area contributed by atoms with Gasteiger partial charge in [-0.3, -0.25) is 4.98 Å². The molecule has 7 nitrogen and oxygen atoms in total. The van der Waals surface area contributed by atoms with Gasteiger partial charge in [0, 0.05) is 48.3 Å². The summed E-state index contributed by atoms with van der Waals surface area (Å²) in [6.07, 6.45) is 6.26. The SMILES string of the molecule is Cc1nc(-c2cccnc2)nc(NC2CCN(S(C)(=O)=O)CC2)c1C. The average Bonchev–Trinajstić information content (AvgIpc) is 2.59. The number of piperidine rings is 1. The van der Waals surface area contributed by atoms with Gasteiger partial charge >= 0.3 is 0 Å². The molecule has 2 aromatic heterocycles. The van der Waals surface area contributed by atoms with Gasteiger partial charge in [0.1, 0.15) is 5.82 Å². The third-order valence-corrected chi connectivity index (χ3v) is 5.88. The number of sulfonamides is 1. The lowest BCUT2D eigenvalue weighted by Gasteiger charge is -2.31. The van der Waals surface area contributed by atoms with Gasteiger partial charge < -0.3 is 5.32 Å². The lowest BCUT2D eigenvalue weighted by molar-refractivity contribution is 0.331. The third-order valence-electron chi connectivity index (χ3n) is 4.57. The molecule has 0 bridgehead atoms. The van der Waals surface area contributed by atoms with E-state index in [4.69, 9.17) is 0 Å². The van der Waals surface area contributed by atoms with Crippen molar-refractivity contribution in [1.82, 2.24) is 19.3 Å². The normalized spacial score (nSPS) is 16.8. The Kier molecular flexibility index (Phi) is 5.01. The van der Waals surface area contributed by atoms with Crippen molar-refractivity contribution >= 4 is 15.8 Å². The van der Waals surface area contributed by atoms with Gasteiger partial charge in [-0.25, -0.2) is 22.7 Å². The van der Waals surface area contributed by atoms with Crippen LogP contribution in [-0.2, 0) is 10.0 Å². The summed E-state index contributed by atoms with van der Waals surface area (Å²) in [6.45, 7) is 5.04. The summed E-state index contributed by atoms with van der Waals surface area (Å²) in [5.41, 5.74) is 2.81. The van der Waals surface area contributed by atoms with E-state index in [1.54, 1.807) is 12.4 Å². The second-order valence-electron chi connectivity index (χ2n) is 6.43. The van der Waals surface area contributed by atoms with Crippen LogP contribution in [0.1, 0.15) is 24.1 Å². The van der Waals surface area contributed by atoms with Crippen LogP contribution >= 0.6 is 0 Å². The predicted molar refractivity (Wildman–Crippen MR) is 97.8 cm³/mol. The number of nitrogens with one attached hydrogen (secondary N) is 1. The Labute approximate surface area is 148 Å². The van der Waals surface area contributed by atoms with E-state index < -0.39 is 10.0 Å². The first-order valence-electron chi connectivity index (χ1n) is 8.32. The van der Waals surface area contributed by atoms with Gasteiger partial charge in [0.2, 0.25) is 10.0 Å². The summed E-state index contributed by atoms with van der Waals surface area (Å²) in [5.74, 6) is 1.46. The highest BCUT2D eigenvalue weighted by Crippen LogP contribution is 2.24. The summed E-state index contributed by atoms with van der Waals surface area (Å²) < 4.78 is 24.8. The summed E-state index contributed by atoms with van der Waals surface area (Å²) in [6, 6.07) is 4.00. The van der Waals surface area contributed by atoms with E-state index in [1.165, 1.54) is 10.6 Å². The number of hydrogen-bond acceptors (Lipinski definition) is 6. The van der Waals surface area contributed by atoms with E-state index in [2.05, 4.69) is 20.3 Å². The van der Waals surface area contributed by atoms with Crippen LogP contribution in [-0.4, -0.2) is 53.1 Å². The molecule has 1 aliphatic heterocycles. The first kappa shape index (κ1) is 17.8. The molecule has 2 aromatic rings. The van der Waals surface area contributed by atoms with Crippen molar-refractivity contribution in [2.24, 2.45) is 0 Å². The Morgan fingerprint density at radius 2 is 1.92 bits per heavy atom. The van der Waals surface area contributed by atoms with Crippen molar-refractivity contribution in [3.8, 4) is 11.4 Å². The van der Waals surface area contributed by atoms with Crippen LogP contribution in [0.15, 0.2) is 24.5 Å². The number of hydrogen-bond donors (Lipinski definition) is 1. The molecule has 1 fully saturated rings. The Balaban J connectivity index is 1.78. The minimum atomic E-state index is -3.11. The number of rotatable bonds is 4. The van der Waals surface area contributed by atoms with Crippen LogP contribution in [0.5, 0.6) is 0 Å². The van der Waals surface area contributed by atoms with Gasteiger partial charge in [0.05, 0.1) is 6.26 Å². The lowest BCUT2D eigenvalue weighted by Crippen LogP contribution is -2.42. The fraction of sp³-hybridized carbons (Fsp3) is 0.471. The van der Waals surface area contributed by atoms with Gasteiger partial charge in [-0.05, 0) is 38.8 Å². The molecule has 3 heterocycles. The van der Waals surface area contributed by atoms with Gasteiger partial charge in [0.25, 0.3) is 0 Å². The van der Waals surface area contributed by atoms with Crippen molar-refractivity contribution in [3.05, 3.63) is 35.8 Å². The van der Waals surface area contributed by atoms with Crippen LogP contribution in [0.4, 0.5) is 5.82 Å². The summed E-state index contributed by atoms with van der Waals surface area (Å²) in [5, 5.41) is 3.48. The number of pyridine rings is 1. The third kappa shape index (κ3) is 4.13. The quantitative estimate of drug-likeness (QED) is 0.896. The zero-order valence-corrected chi connectivity index (χ0v) is 15.5. The fourth-order valence-corrected chi connectivity index (χ4v) is 3.79. The first-order chi connectivity index (χ1) is 11.8. The van der Waals surface area contributed by atoms with Crippen LogP contribution < -0.4 is 5.32 Å². The number of nitrogens with zero attached hydrogens (tertiary/aromatic N) is 4. The maximum absolute atomic E-state index is 11.6. The number of aromatic nitrogens is 3. The Morgan fingerprint density at radius 3 is 2.52 bits per heavy atom. The maximum atomic E-state index is 11.6. The monoisotopic (exact) mass is 361 g/mol. The highest BCUT2D eigenvalue weighted by atomic mass is 32.2. The second-order valence-corrected chi connectivity index (χ2v) is 8.41. The smallest absolute Gasteiger partial charge is 0.211 e. The Hall–Kier alpha value is -2.06. The molecule has 8 heteroatoms. The maximum Gasteiger partial charge on any atom is 0.211 e. The molecule has 0 aliphatic carbocycles. The van der Waals surface area contributed by atoms with E-state index >= 15 is 0 Å². The van der Waals surface area contributed by atoms with Crippen molar-refractivity contribution in [1.29, 1.82) is 0 Å². The standard InChI is InChI=1S/C17H23N5O2S/c1-12-13(2)19-17(14-5-4-8-18-11-14)21-16(12)20-15-6-9-22(10-7-15)25(3,23)24/h4-5,8,11,15H,6-7,9-10H2,1-3H3,(H,19,20,21). The molecule has 1 N–H and O–H groups in total. The Bertz CT molecular complexity index is 847. The first-order valence-corrected chi connectivity index (χ1v) is 10.2. The zero-order chi connectivity index (χ0) is 18.0. The topological polar surface area (TPSA) is 88.1 Å². The molecule has 0 radical (unpaired) electrons. The summed E-state index contributed by atoms with van der Waals surface area (Å²) in [4.78, 5) is 13.4. The molecular formula is C17H23N5O2S. The minimum absolute atomic E-state index is 0.202. The van der Waals surface area contributed by atoms with Crippen molar-refractivity contribution in [2.45, 2.75) is 32.7 Å². The summed E-state index contributed by atoms with van der Waals surface area (Å²) in [7, 11) is -3.11. The van der Waals surface area contributed by atoms with E-state index in [9.17, 15) is 8.42 Å². The van der Waals surface area contributed by atoms with Crippen LogP contribution in [0, 0.1) is 13.8 Å². The molecule has 0 amide bonds. The highest BCUT2D eigenvalue weighted by Gasteiger charge is 2.25. The van der Waals surface area contributed by atoms with E-state index in [-0.39, 0.29) is 6.04 Å². The van der Waals surface area contributed by atoms with Crippen LogP contribution in [0.25, 0.3) is 11.4 Å². The molecule has 0 spiro atoms. The summed E-state index contributed by atoms with van der Waals surface area (Å²) >= 11 is 0.